The van der Waals surface area contributed by atoms with Crippen molar-refractivity contribution in [2.75, 3.05) is 43.4 Å². The molecule has 0 aliphatic carbocycles. The van der Waals surface area contributed by atoms with Crippen LogP contribution in [0.1, 0.15) is 0 Å². The molecule has 3 aromatic rings. The molecule has 1 aliphatic rings. The van der Waals surface area contributed by atoms with Gasteiger partial charge in [0, 0.05) is 53.0 Å². The third kappa shape index (κ3) is 4.90. The van der Waals surface area contributed by atoms with Gasteiger partial charge in [0.25, 0.3) is 0 Å². The molecular weight excluding hydrogens is 406 g/mol. The molecule has 7 heteroatoms. The Morgan fingerprint density at radius 2 is 1.72 bits per heavy atom. The second-order valence-electron chi connectivity index (χ2n) is 6.95. The second-order valence-corrected chi connectivity index (χ2v) is 8.43. The Labute approximate surface area is 179 Å². The number of rotatable bonds is 4. The van der Waals surface area contributed by atoms with Gasteiger partial charge < -0.3 is 14.5 Å². The summed E-state index contributed by atoms with van der Waals surface area (Å²) >= 11 is 7.33. The van der Waals surface area contributed by atoms with Crippen molar-refractivity contribution in [1.82, 2.24) is 4.90 Å². The van der Waals surface area contributed by atoms with Gasteiger partial charge >= 0.3 is 6.09 Å². The number of nitrogens with zero attached hydrogens (tertiary/aromatic N) is 2. The molecule has 0 radical (unpaired) electrons. The lowest BCUT2D eigenvalue weighted by Gasteiger charge is -2.35. The Balaban J connectivity index is 1.46. The number of hydrogen-bond donors (Lipinski definition) is 1. The van der Waals surface area contributed by atoms with E-state index in [0.717, 1.165) is 36.6 Å². The van der Waals surface area contributed by atoms with Crippen molar-refractivity contribution in [2.45, 2.75) is 0 Å². The Morgan fingerprint density at radius 3 is 2.48 bits per heavy atom. The number of nitrogens with one attached hydrogen (secondary N) is 1. The van der Waals surface area contributed by atoms with E-state index in [2.05, 4.69) is 40.4 Å². The average molecular weight is 428 g/mol. The van der Waals surface area contributed by atoms with Crippen LogP contribution in [0.2, 0.25) is 5.02 Å². The van der Waals surface area contributed by atoms with Gasteiger partial charge in [0.05, 0.1) is 0 Å². The van der Waals surface area contributed by atoms with E-state index in [-0.39, 0.29) is 0 Å². The summed E-state index contributed by atoms with van der Waals surface area (Å²) in [5, 5.41) is 3.88. The molecule has 0 atom stereocenters. The normalized spacial score (nSPS) is 14.6. The minimum Gasteiger partial charge on any atom is -0.399 e. The first-order chi connectivity index (χ1) is 14.1. The molecular formula is C22H22ClN3O2S. The van der Waals surface area contributed by atoms with Gasteiger partial charge in [-0.1, -0.05) is 41.1 Å². The Bertz CT molecular complexity index is 982. The maximum atomic E-state index is 12.2. The molecule has 1 amide bonds. The van der Waals surface area contributed by atoms with Crippen LogP contribution < -0.4 is 15.0 Å². The van der Waals surface area contributed by atoms with Gasteiger partial charge in [-0.3, -0.25) is 5.32 Å². The second kappa shape index (κ2) is 8.86. The van der Waals surface area contributed by atoms with E-state index < -0.39 is 6.09 Å². The van der Waals surface area contributed by atoms with Crippen LogP contribution in [-0.4, -0.2) is 44.2 Å². The number of benzene rings is 2. The molecule has 29 heavy (non-hydrogen) atoms. The molecule has 2 heterocycles. The number of carbonyl (C=O) groups excluding carboxylic acids is 1. The van der Waals surface area contributed by atoms with Crippen LogP contribution in [-0.2, 0) is 0 Å². The quantitative estimate of drug-likeness (QED) is 0.602. The van der Waals surface area contributed by atoms with Gasteiger partial charge in [0.2, 0.25) is 0 Å². The molecule has 0 unspecified atom stereocenters. The van der Waals surface area contributed by atoms with E-state index in [9.17, 15) is 4.79 Å². The highest BCUT2D eigenvalue weighted by Gasteiger charge is 2.18. The smallest absolute Gasteiger partial charge is 0.399 e. The van der Waals surface area contributed by atoms with E-state index in [0.29, 0.717) is 15.8 Å². The minimum absolute atomic E-state index is 0.520. The highest BCUT2D eigenvalue weighted by Crippen LogP contribution is 2.38. The largest absolute Gasteiger partial charge is 0.417 e. The van der Waals surface area contributed by atoms with Crippen LogP contribution in [0.15, 0.2) is 60.7 Å². The summed E-state index contributed by atoms with van der Waals surface area (Å²) < 4.78 is 5.47. The fourth-order valence-electron chi connectivity index (χ4n) is 3.29. The molecule has 0 saturated carbocycles. The highest BCUT2D eigenvalue weighted by molar-refractivity contribution is 7.17. The monoisotopic (exact) mass is 427 g/mol. The van der Waals surface area contributed by atoms with Gasteiger partial charge in [0.1, 0.15) is 0 Å². The number of halogens is 1. The van der Waals surface area contributed by atoms with Crippen molar-refractivity contribution in [1.29, 1.82) is 0 Å². The molecule has 1 N–H and O–H groups in total. The third-order valence-corrected chi connectivity index (χ3v) is 6.13. The molecule has 0 bridgehead atoms. The molecule has 1 fully saturated rings. The van der Waals surface area contributed by atoms with Crippen LogP contribution in [0.4, 0.5) is 16.2 Å². The van der Waals surface area contributed by atoms with Crippen molar-refractivity contribution in [3.05, 3.63) is 65.7 Å². The molecule has 1 aliphatic heterocycles. The summed E-state index contributed by atoms with van der Waals surface area (Å²) in [5.41, 5.74) is 3.02. The molecule has 2 aromatic carbocycles. The number of anilines is 2. The lowest BCUT2D eigenvalue weighted by Crippen LogP contribution is -2.44. The van der Waals surface area contributed by atoms with Gasteiger partial charge in [-0.15, -0.1) is 0 Å². The number of amides is 1. The van der Waals surface area contributed by atoms with Crippen LogP contribution >= 0.6 is 22.9 Å². The zero-order chi connectivity index (χ0) is 20.2. The third-order valence-electron chi connectivity index (χ3n) is 4.88. The maximum Gasteiger partial charge on any atom is 0.417 e. The molecule has 0 spiro atoms. The summed E-state index contributed by atoms with van der Waals surface area (Å²) in [6.07, 6.45) is -0.520. The highest BCUT2D eigenvalue weighted by atomic mass is 35.5. The Kier molecular flexibility index (Phi) is 6.04. The molecule has 150 valence electrons. The first-order valence-electron chi connectivity index (χ1n) is 9.45. The standard InChI is InChI=1S/C22H22ClN3O2S/c1-25-12-14-26(15-13-25)19-5-3-2-4-18(19)20-10-11-21(29-20)28-22(27)24-17-8-6-16(23)7-9-17/h2-11H,12-15H2,1H3,(H,24,27). The molecule has 5 nitrogen and oxygen atoms in total. The number of carbonyl (C=O) groups is 1. The Hall–Kier alpha value is -2.54. The number of piperazine rings is 1. The van der Waals surface area contributed by atoms with E-state index in [4.69, 9.17) is 16.3 Å². The first kappa shape index (κ1) is 19.8. The maximum absolute atomic E-state index is 12.2. The number of likely N-dealkylation sites (N-methyl/N-ethyl adjacent to an activating group) is 1. The van der Waals surface area contributed by atoms with Crippen LogP contribution in [0.3, 0.4) is 0 Å². The van der Waals surface area contributed by atoms with Crippen molar-refractivity contribution in [2.24, 2.45) is 0 Å². The summed E-state index contributed by atoms with van der Waals surface area (Å²) in [7, 11) is 2.15. The summed E-state index contributed by atoms with van der Waals surface area (Å²) in [5.74, 6) is 0. The van der Waals surface area contributed by atoms with Gasteiger partial charge in [0.15, 0.2) is 5.06 Å². The fourth-order valence-corrected chi connectivity index (χ4v) is 4.31. The topological polar surface area (TPSA) is 44.8 Å². The Morgan fingerprint density at radius 1 is 1.00 bits per heavy atom. The van der Waals surface area contributed by atoms with Crippen molar-refractivity contribution in [3.8, 4) is 15.5 Å². The average Bonchev–Trinajstić information content (AvgIpc) is 3.18. The van der Waals surface area contributed by atoms with Crippen LogP contribution in [0.5, 0.6) is 5.06 Å². The number of hydrogen-bond acceptors (Lipinski definition) is 5. The number of para-hydroxylation sites is 1. The predicted molar refractivity (Wildman–Crippen MR) is 121 cm³/mol. The van der Waals surface area contributed by atoms with Gasteiger partial charge in [-0.2, -0.15) is 0 Å². The number of thiophene rings is 1. The van der Waals surface area contributed by atoms with E-state index in [1.165, 1.54) is 17.0 Å². The molecule has 1 aromatic heterocycles. The van der Waals surface area contributed by atoms with Gasteiger partial charge in [-0.05, 0) is 49.5 Å². The lowest BCUT2D eigenvalue weighted by molar-refractivity contribution is 0.216. The van der Waals surface area contributed by atoms with Crippen LogP contribution in [0, 0.1) is 0 Å². The van der Waals surface area contributed by atoms with Crippen molar-refractivity contribution in [3.63, 3.8) is 0 Å². The van der Waals surface area contributed by atoms with E-state index in [1.807, 2.05) is 18.2 Å². The first-order valence-corrected chi connectivity index (χ1v) is 10.6. The lowest BCUT2D eigenvalue weighted by atomic mass is 10.1. The van der Waals surface area contributed by atoms with Gasteiger partial charge in [-0.25, -0.2) is 4.79 Å². The minimum atomic E-state index is -0.520. The summed E-state index contributed by atoms with van der Waals surface area (Å²) in [4.78, 5) is 18.0. The van der Waals surface area contributed by atoms with Crippen LogP contribution in [0.25, 0.3) is 10.4 Å². The molecule has 1 saturated heterocycles. The van der Waals surface area contributed by atoms with Crippen molar-refractivity contribution < 1.29 is 9.53 Å². The summed E-state index contributed by atoms with van der Waals surface area (Å²) in [6, 6.07) is 19.1. The van der Waals surface area contributed by atoms with E-state index >= 15 is 0 Å². The zero-order valence-corrected chi connectivity index (χ0v) is 17.7. The number of ether oxygens (including phenoxy) is 1. The molecule has 4 rings (SSSR count). The van der Waals surface area contributed by atoms with Crippen molar-refractivity contribution >= 4 is 40.4 Å². The zero-order valence-electron chi connectivity index (χ0n) is 16.1. The predicted octanol–water partition coefficient (Wildman–Crippen LogP) is 5.43. The van der Waals surface area contributed by atoms with E-state index in [1.54, 1.807) is 24.3 Å². The SMILES string of the molecule is CN1CCN(c2ccccc2-c2ccc(OC(=O)Nc3ccc(Cl)cc3)s2)CC1. The fraction of sp³-hybridized carbons (Fsp3) is 0.227. The summed E-state index contributed by atoms with van der Waals surface area (Å²) in [6.45, 7) is 4.12.